The Kier molecular flexibility index (Phi) is 4.89. The third-order valence-corrected chi connectivity index (χ3v) is 4.25. The SMILES string of the molecule is Cn1nc(C(F)(F)F)c(C(N)=O)c1-c1c(-c2ccccc2)cccc1C(F)(F)F. The highest BCUT2D eigenvalue weighted by Crippen LogP contribution is 2.45. The molecule has 3 aromatic rings. The van der Waals surface area contributed by atoms with Crippen molar-refractivity contribution in [2.45, 2.75) is 12.4 Å². The molecule has 10 heteroatoms. The Bertz CT molecular complexity index is 1070. The lowest BCUT2D eigenvalue weighted by atomic mass is 9.90. The van der Waals surface area contributed by atoms with Crippen LogP contribution in [0.1, 0.15) is 21.6 Å². The van der Waals surface area contributed by atoms with Crippen LogP contribution in [-0.2, 0) is 19.4 Å². The van der Waals surface area contributed by atoms with Gasteiger partial charge in [-0.1, -0.05) is 42.5 Å². The van der Waals surface area contributed by atoms with Crippen LogP contribution < -0.4 is 5.73 Å². The van der Waals surface area contributed by atoms with Gasteiger partial charge in [-0.05, 0) is 17.2 Å². The first-order chi connectivity index (χ1) is 13.4. The molecular weight excluding hydrogens is 400 g/mol. The van der Waals surface area contributed by atoms with E-state index in [4.69, 9.17) is 5.73 Å². The first-order valence-electron chi connectivity index (χ1n) is 8.13. The molecule has 2 aromatic carbocycles. The summed E-state index contributed by atoms with van der Waals surface area (Å²) in [6.45, 7) is 0. The fraction of sp³-hybridized carbons (Fsp3) is 0.158. The highest BCUT2D eigenvalue weighted by atomic mass is 19.4. The van der Waals surface area contributed by atoms with Crippen molar-refractivity contribution in [1.82, 2.24) is 9.78 Å². The fourth-order valence-corrected chi connectivity index (χ4v) is 3.14. The van der Waals surface area contributed by atoms with Crippen molar-refractivity contribution in [3.63, 3.8) is 0 Å². The van der Waals surface area contributed by atoms with Crippen molar-refractivity contribution in [2.75, 3.05) is 0 Å². The lowest BCUT2D eigenvalue weighted by Gasteiger charge is -2.18. The summed E-state index contributed by atoms with van der Waals surface area (Å²) in [4.78, 5) is 11.9. The van der Waals surface area contributed by atoms with E-state index in [1.54, 1.807) is 18.2 Å². The largest absolute Gasteiger partial charge is 0.435 e. The Hall–Kier alpha value is -3.30. The summed E-state index contributed by atoms with van der Waals surface area (Å²) in [5, 5.41) is 3.26. The highest BCUT2D eigenvalue weighted by molar-refractivity contribution is 6.03. The van der Waals surface area contributed by atoms with Crippen molar-refractivity contribution in [2.24, 2.45) is 12.8 Å². The summed E-state index contributed by atoms with van der Waals surface area (Å²) < 4.78 is 82.0. The second kappa shape index (κ2) is 6.94. The van der Waals surface area contributed by atoms with Gasteiger partial charge in [0.1, 0.15) is 0 Å². The smallest absolute Gasteiger partial charge is 0.365 e. The van der Waals surface area contributed by atoms with Crippen molar-refractivity contribution >= 4 is 5.91 Å². The van der Waals surface area contributed by atoms with Crippen LogP contribution >= 0.6 is 0 Å². The number of alkyl halides is 6. The van der Waals surface area contributed by atoms with Gasteiger partial charge in [0.05, 0.1) is 16.8 Å². The zero-order valence-corrected chi connectivity index (χ0v) is 14.8. The van der Waals surface area contributed by atoms with Crippen LogP contribution in [0.4, 0.5) is 26.3 Å². The minimum absolute atomic E-state index is 0.0142. The molecule has 4 nitrogen and oxygen atoms in total. The maximum Gasteiger partial charge on any atom is 0.435 e. The van der Waals surface area contributed by atoms with E-state index < -0.39 is 46.3 Å². The number of carbonyl (C=O) groups is 1. The summed E-state index contributed by atoms with van der Waals surface area (Å²) in [6, 6.07) is 11.0. The number of nitrogens with two attached hydrogens (primary N) is 1. The molecule has 0 saturated heterocycles. The third-order valence-electron chi connectivity index (χ3n) is 4.25. The van der Waals surface area contributed by atoms with Gasteiger partial charge in [-0.2, -0.15) is 31.4 Å². The van der Waals surface area contributed by atoms with Crippen LogP contribution in [0, 0.1) is 0 Å². The minimum atomic E-state index is -5.08. The van der Waals surface area contributed by atoms with Gasteiger partial charge in [-0.25, -0.2) is 0 Å². The second-order valence-electron chi connectivity index (χ2n) is 6.15. The molecule has 0 atom stereocenters. The number of hydrogen-bond donors (Lipinski definition) is 1. The molecule has 1 heterocycles. The number of nitrogens with zero attached hydrogens (tertiary/aromatic N) is 2. The summed E-state index contributed by atoms with van der Waals surface area (Å²) in [7, 11) is 1.03. The topological polar surface area (TPSA) is 60.9 Å². The van der Waals surface area contributed by atoms with E-state index in [9.17, 15) is 31.1 Å². The summed E-state index contributed by atoms with van der Waals surface area (Å²) in [5.41, 5.74) is 0.212. The molecule has 0 aliphatic heterocycles. The van der Waals surface area contributed by atoms with E-state index in [0.29, 0.717) is 10.2 Å². The fourth-order valence-electron chi connectivity index (χ4n) is 3.14. The van der Waals surface area contributed by atoms with Gasteiger partial charge in [0, 0.05) is 12.6 Å². The van der Waals surface area contributed by atoms with Crippen LogP contribution in [0.2, 0.25) is 0 Å². The van der Waals surface area contributed by atoms with Crippen LogP contribution in [0.15, 0.2) is 48.5 Å². The number of primary amides is 1. The maximum atomic E-state index is 13.8. The molecule has 1 aromatic heterocycles. The van der Waals surface area contributed by atoms with Gasteiger partial charge >= 0.3 is 12.4 Å². The van der Waals surface area contributed by atoms with Crippen molar-refractivity contribution in [3.05, 3.63) is 65.4 Å². The predicted molar refractivity (Wildman–Crippen MR) is 92.6 cm³/mol. The number of aryl methyl sites for hydroxylation is 1. The van der Waals surface area contributed by atoms with Gasteiger partial charge in [0.2, 0.25) is 0 Å². The molecular formula is C19H13F6N3O. The Balaban J connectivity index is 2.49. The molecule has 0 unspecified atom stereocenters. The number of benzene rings is 2. The van der Waals surface area contributed by atoms with E-state index in [2.05, 4.69) is 5.10 Å². The number of aromatic nitrogens is 2. The molecule has 3 rings (SSSR count). The Morgan fingerprint density at radius 2 is 1.55 bits per heavy atom. The van der Waals surface area contributed by atoms with Gasteiger partial charge < -0.3 is 5.73 Å². The van der Waals surface area contributed by atoms with E-state index in [0.717, 1.165) is 19.2 Å². The molecule has 0 fully saturated rings. The molecule has 0 aliphatic carbocycles. The molecule has 0 aliphatic rings. The molecule has 0 radical (unpaired) electrons. The average Bonchev–Trinajstić information content (AvgIpc) is 2.98. The Morgan fingerprint density at radius 1 is 0.931 bits per heavy atom. The zero-order chi connectivity index (χ0) is 21.6. The summed E-state index contributed by atoms with van der Waals surface area (Å²) in [5.74, 6) is -1.53. The van der Waals surface area contributed by atoms with E-state index >= 15 is 0 Å². The first kappa shape index (κ1) is 20.4. The van der Waals surface area contributed by atoms with Gasteiger partial charge in [-0.15, -0.1) is 0 Å². The van der Waals surface area contributed by atoms with E-state index in [1.807, 2.05) is 0 Å². The molecule has 0 saturated carbocycles. The Labute approximate surface area is 160 Å². The number of rotatable bonds is 3. The van der Waals surface area contributed by atoms with Gasteiger partial charge in [0.25, 0.3) is 5.91 Å². The van der Waals surface area contributed by atoms with Crippen LogP contribution in [-0.4, -0.2) is 15.7 Å². The number of carbonyl (C=O) groups excluding carboxylic acids is 1. The van der Waals surface area contributed by atoms with Gasteiger partial charge in [0.15, 0.2) is 5.69 Å². The molecule has 0 spiro atoms. The first-order valence-corrected chi connectivity index (χ1v) is 8.13. The standard InChI is InChI=1S/C19H13F6N3O/c1-28-15(14(17(26)29)16(27-28)19(23,24)25)13-11(10-6-3-2-4-7-10)8-5-9-12(13)18(20,21)22/h2-9H,1H3,(H2,26,29). The number of amides is 1. The third kappa shape index (κ3) is 3.69. The molecule has 0 bridgehead atoms. The predicted octanol–water partition coefficient (Wildman–Crippen LogP) is 4.89. The quantitative estimate of drug-likeness (QED) is 0.622. The van der Waals surface area contributed by atoms with Crippen molar-refractivity contribution in [1.29, 1.82) is 0 Å². The summed E-state index contributed by atoms with van der Waals surface area (Å²) in [6.07, 6.45) is -9.99. The number of halogens is 6. The molecule has 1 amide bonds. The Morgan fingerprint density at radius 3 is 2.07 bits per heavy atom. The van der Waals surface area contributed by atoms with Crippen LogP contribution in [0.5, 0.6) is 0 Å². The minimum Gasteiger partial charge on any atom is -0.365 e. The van der Waals surface area contributed by atoms with E-state index in [-0.39, 0.29) is 5.56 Å². The lowest BCUT2D eigenvalue weighted by molar-refractivity contribution is -0.141. The maximum absolute atomic E-state index is 13.8. The van der Waals surface area contributed by atoms with Crippen LogP contribution in [0.25, 0.3) is 22.4 Å². The monoisotopic (exact) mass is 413 g/mol. The second-order valence-corrected chi connectivity index (χ2v) is 6.15. The summed E-state index contributed by atoms with van der Waals surface area (Å²) >= 11 is 0. The molecule has 152 valence electrons. The average molecular weight is 413 g/mol. The van der Waals surface area contributed by atoms with Crippen LogP contribution in [0.3, 0.4) is 0 Å². The van der Waals surface area contributed by atoms with Crippen molar-refractivity contribution < 1.29 is 31.1 Å². The normalized spacial score (nSPS) is 12.2. The highest BCUT2D eigenvalue weighted by Gasteiger charge is 2.43. The lowest BCUT2D eigenvalue weighted by Crippen LogP contribution is -2.19. The van der Waals surface area contributed by atoms with Crippen molar-refractivity contribution in [3.8, 4) is 22.4 Å². The molecule has 29 heavy (non-hydrogen) atoms. The molecule has 2 N–H and O–H groups in total. The number of hydrogen-bond acceptors (Lipinski definition) is 2. The van der Waals surface area contributed by atoms with Gasteiger partial charge in [-0.3, -0.25) is 9.48 Å². The zero-order valence-electron chi connectivity index (χ0n) is 14.8. The van der Waals surface area contributed by atoms with E-state index in [1.165, 1.54) is 18.2 Å².